The maximum atomic E-state index is 12.6. The van der Waals surface area contributed by atoms with E-state index in [1.165, 1.54) is 0 Å². The van der Waals surface area contributed by atoms with Crippen LogP contribution in [0.1, 0.15) is 48.0 Å². The Morgan fingerprint density at radius 2 is 1.66 bits per heavy atom. The summed E-state index contributed by atoms with van der Waals surface area (Å²) < 4.78 is 1.90. The molecule has 0 unspecified atom stereocenters. The number of benzene rings is 3. The summed E-state index contributed by atoms with van der Waals surface area (Å²) in [6.45, 7) is 8.95. The van der Waals surface area contributed by atoms with E-state index in [4.69, 9.17) is 0 Å². The molecule has 0 spiro atoms. The van der Waals surface area contributed by atoms with E-state index in [0.29, 0.717) is 12.1 Å². The zero-order valence-electron chi connectivity index (χ0n) is 19.1. The standard InChI is InChI=1S/C28H29N3O/c1-20-26(22-9-6-5-7-10-22)19-31(30-20)25-15-13-21(14-16-25)18-29-27(32)23-11-8-12-24(17-23)28(2,3)4/h5-17,19H,18H2,1-4H3,(H,29,32). The maximum Gasteiger partial charge on any atom is 0.251 e. The van der Waals surface area contributed by atoms with Crippen LogP contribution >= 0.6 is 0 Å². The lowest BCUT2D eigenvalue weighted by atomic mass is 9.86. The second kappa shape index (κ2) is 8.83. The zero-order valence-corrected chi connectivity index (χ0v) is 19.1. The number of amides is 1. The Hall–Kier alpha value is -3.66. The van der Waals surface area contributed by atoms with Crippen molar-refractivity contribution in [3.63, 3.8) is 0 Å². The van der Waals surface area contributed by atoms with Gasteiger partial charge in [0.1, 0.15) is 0 Å². The maximum absolute atomic E-state index is 12.6. The van der Waals surface area contributed by atoms with Crippen molar-refractivity contribution in [1.82, 2.24) is 15.1 Å². The van der Waals surface area contributed by atoms with Gasteiger partial charge in [0, 0.05) is 23.9 Å². The van der Waals surface area contributed by atoms with Crippen molar-refractivity contribution in [3.8, 4) is 16.8 Å². The topological polar surface area (TPSA) is 46.9 Å². The molecule has 4 nitrogen and oxygen atoms in total. The molecule has 0 saturated heterocycles. The molecule has 0 radical (unpaired) electrons. The molecule has 1 amide bonds. The van der Waals surface area contributed by atoms with Crippen LogP contribution in [0.5, 0.6) is 0 Å². The highest BCUT2D eigenvalue weighted by Gasteiger charge is 2.15. The summed E-state index contributed by atoms with van der Waals surface area (Å²) in [5.74, 6) is -0.0598. The Balaban J connectivity index is 1.43. The number of carbonyl (C=O) groups excluding carboxylic acids is 1. The third kappa shape index (κ3) is 4.80. The Morgan fingerprint density at radius 1 is 0.938 bits per heavy atom. The molecule has 4 heteroatoms. The van der Waals surface area contributed by atoms with Crippen LogP contribution in [-0.2, 0) is 12.0 Å². The first-order valence-electron chi connectivity index (χ1n) is 10.9. The Bertz CT molecular complexity index is 1220. The first-order chi connectivity index (χ1) is 15.3. The molecule has 0 saturated carbocycles. The predicted molar refractivity (Wildman–Crippen MR) is 130 cm³/mol. The van der Waals surface area contributed by atoms with E-state index < -0.39 is 0 Å². The van der Waals surface area contributed by atoms with E-state index >= 15 is 0 Å². The van der Waals surface area contributed by atoms with Crippen molar-refractivity contribution in [1.29, 1.82) is 0 Å². The minimum atomic E-state index is -0.0598. The van der Waals surface area contributed by atoms with Crippen molar-refractivity contribution >= 4 is 5.91 Å². The van der Waals surface area contributed by atoms with E-state index in [0.717, 1.165) is 33.6 Å². The Labute approximate surface area is 189 Å². The molecule has 0 atom stereocenters. The second-order valence-corrected chi connectivity index (χ2v) is 9.12. The van der Waals surface area contributed by atoms with Gasteiger partial charge in [-0.1, -0.05) is 75.4 Å². The zero-order chi connectivity index (χ0) is 22.7. The molecular formula is C28H29N3O. The van der Waals surface area contributed by atoms with Gasteiger partial charge in [-0.2, -0.15) is 5.10 Å². The number of nitrogens with one attached hydrogen (secondary N) is 1. The highest BCUT2D eigenvalue weighted by atomic mass is 16.1. The first kappa shape index (κ1) is 21.6. The van der Waals surface area contributed by atoms with Crippen LogP contribution in [0.3, 0.4) is 0 Å². The lowest BCUT2D eigenvalue weighted by Gasteiger charge is -2.19. The largest absolute Gasteiger partial charge is 0.348 e. The minimum absolute atomic E-state index is 0.0113. The molecule has 4 rings (SSSR count). The molecule has 0 aliphatic rings. The van der Waals surface area contributed by atoms with Gasteiger partial charge in [0.25, 0.3) is 5.91 Å². The molecule has 1 aromatic heterocycles. The van der Waals surface area contributed by atoms with Gasteiger partial charge in [-0.25, -0.2) is 4.68 Å². The highest BCUT2D eigenvalue weighted by Crippen LogP contribution is 2.24. The molecule has 0 fully saturated rings. The van der Waals surface area contributed by atoms with Crippen molar-refractivity contribution in [2.45, 2.75) is 39.7 Å². The second-order valence-electron chi connectivity index (χ2n) is 9.12. The molecular weight excluding hydrogens is 394 g/mol. The van der Waals surface area contributed by atoms with Gasteiger partial charge in [0.05, 0.1) is 11.4 Å². The fourth-order valence-electron chi connectivity index (χ4n) is 3.67. The summed E-state index contributed by atoms with van der Waals surface area (Å²) in [7, 11) is 0. The average Bonchev–Trinajstić information content (AvgIpc) is 3.19. The Kier molecular flexibility index (Phi) is 5.95. The van der Waals surface area contributed by atoms with Gasteiger partial charge in [-0.15, -0.1) is 0 Å². The fraction of sp³-hybridized carbons (Fsp3) is 0.214. The fourth-order valence-corrected chi connectivity index (χ4v) is 3.67. The van der Waals surface area contributed by atoms with Crippen LogP contribution in [0.25, 0.3) is 16.8 Å². The van der Waals surface area contributed by atoms with Crippen LogP contribution in [0.15, 0.2) is 85.1 Å². The number of aryl methyl sites for hydroxylation is 1. The molecule has 0 bridgehead atoms. The molecule has 1 N–H and O–H groups in total. The van der Waals surface area contributed by atoms with E-state index in [9.17, 15) is 4.79 Å². The van der Waals surface area contributed by atoms with Crippen molar-refractivity contribution in [3.05, 3.63) is 107 Å². The first-order valence-corrected chi connectivity index (χ1v) is 10.9. The summed E-state index contributed by atoms with van der Waals surface area (Å²) >= 11 is 0. The minimum Gasteiger partial charge on any atom is -0.348 e. The summed E-state index contributed by atoms with van der Waals surface area (Å²) in [5.41, 5.74) is 7.16. The van der Waals surface area contributed by atoms with Gasteiger partial charge in [-0.05, 0) is 53.3 Å². The summed E-state index contributed by atoms with van der Waals surface area (Å²) in [4.78, 5) is 12.6. The SMILES string of the molecule is Cc1nn(-c2ccc(CNC(=O)c3cccc(C(C)(C)C)c3)cc2)cc1-c1ccccc1. The van der Waals surface area contributed by atoms with E-state index in [1.54, 1.807) is 0 Å². The number of hydrogen-bond acceptors (Lipinski definition) is 2. The summed E-state index contributed by atoms with van der Waals surface area (Å²) in [6.07, 6.45) is 2.06. The number of carbonyl (C=O) groups is 1. The number of nitrogens with zero attached hydrogens (tertiary/aromatic N) is 2. The van der Waals surface area contributed by atoms with Crippen LogP contribution in [0.4, 0.5) is 0 Å². The Morgan fingerprint density at radius 3 is 2.34 bits per heavy atom. The van der Waals surface area contributed by atoms with Crippen molar-refractivity contribution < 1.29 is 4.79 Å². The van der Waals surface area contributed by atoms with Crippen LogP contribution in [0, 0.1) is 6.92 Å². The van der Waals surface area contributed by atoms with Gasteiger partial charge in [0.15, 0.2) is 0 Å². The molecule has 1 heterocycles. The number of rotatable bonds is 5. The summed E-state index contributed by atoms with van der Waals surface area (Å²) in [5, 5.41) is 7.70. The number of aromatic nitrogens is 2. The van der Waals surface area contributed by atoms with Gasteiger partial charge in [-0.3, -0.25) is 4.79 Å². The van der Waals surface area contributed by atoms with E-state index in [-0.39, 0.29) is 11.3 Å². The lowest BCUT2D eigenvalue weighted by Crippen LogP contribution is -2.23. The van der Waals surface area contributed by atoms with Crippen LogP contribution < -0.4 is 5.32 Å². The molecule has 4 aromatic rings. The molecule has 162 valence electrons. The average molecular weight is 424 g/mol. The van der Waals surface area contributed by atoms with Crippen molar-refractivity contribution in [2.75, 3.05) is 0 Å². The lowest BCUT2D eigenvalue weighted by molar-refractivity contribution is 0.0951. The smallest absolute Gasteiger partial charge is 0.251 e. The van der Waals surface area contributed by atoms with Gasteiger partial charge >= 0.3 is 0 Å². The highest BCUT2D eigenvalue weighted by molar-refractivity contribution is 5.94. The van der Waals surface area contributed by atoms with Crippen molar-refractivity contribution in [2.24, 2.45) is 0 Å². The van der Waals surface area contributed by atoms with E-state index in [1.807, 2.05) is 72.3 Å². The van der Waals surface area contributed by atoms with Gasteiger partial charge < -0.3 is 5.32 Å². The van der Waals surface area contributed by atoms with E-state index in [2.05, 4.69) is 55.6 Å². The van der Waals surface area contributed by atoms with Gasteiger partial charge in [0.2, 0.25) is 0 Å². The van der Waals surface area contributed by atoms with Crippen LogP contribution in [0.2, 0.25) is 0 Å². The third-order valence-electron chi connectivity index (χ3n) is 5.63. The molecule has 32 heavy (non-hydrogen) atoms. The van der Waals surface area contributed by atoms with Crippen LogP contribution in [-0.4, -0.2) is 15.7 Å². The molecule has 0 aliphatic heterocycles. The summed E-state index contributed by atoms with van der Waals surface area (Å²) in [6, 6.07) is 26.2. The monoisotopic (exact) mass is 423 g/mol. The predicted octanol–water partition coefficient (Wildman–Crippen LogP) is 6.08. The third-order valence-corrected chi connectivity index (χ3v) is 5.63. The molecule has 3 aromatic carbocycles. The molecule has 0 aliphatic carbocycles. The quantitative estimate of drug-likeness (QED) is 0.423. The normalized spacial score (nSPS) is 11.4. The number of hydrogen-bond donors (Lipinski definition) is 1.